The number of rotatable bonds is 9. The number of benzene rings is 2. The lowest BCUT2D eigenvalue weighted by atomic mass is 10.1. The molecule has 0 bridgehead atoms. The van der Waals surface area contributed by atoms with E-state index in [4.69, 9.17) is 9.47 Å². The largest absolute Gasteiger partial charge is 0.493 e. The van der Waals surface area contributed by atoms with Crippen LogP contribution in [0, 0.1) is 6.92 Å². The van der Waals surface area contributed by atoms with Gasteiger partial charge < -0.3 is 14.8 Å². The van der Waals surface area contributed by atoms with E-state index < -0.39 is 0 Å². The molecule has 0 radical (unpaired) electrons. The second-order valence-corrected chi connectivity index (χ2v) is 8.11. The van der Waals surface area contributed by atoms with E-state index in [0.717, 1.165) is 30.4 Å². The Morgan fingerprint density at radius 2 is 1.71 bits per heavy atom. The van der Waals surface area contributed by atoms with Gasteiger partial charge in [-0.3, -0.25) is 10.3 Å². The van der Waals surface area contributed by atoms with Crippen molar-refractivity contribution in [1.29, 1.82) is 0 Å². The third kappa shape index (κ3) is 5.84. The molecule has 8 heteroatoms. The Hall–Kier alpha value is -4.20. The van der Waals surface area contributed by atoms with E-state index >= 15 is 0 Å². The number of aromatic nitrogens is 3. The van der Waals surface area contributed by atoms with Gasteiger partial charge in [-0.05, 0) is 55.5 Å². The highest BCUT2D eigenvalue weighted by atomic mass is 16.5. The molecule has 0 saturated carbocycles. The molecule has 180 valence electrons. The zero-order chi connectivity index (χ0) is 24.6. The predicted octanol–water partition coefficient (Wildman–Crippen LogP) is 5.16. The predicted molar refractivity (Wildman–Crippen MR) is 137 cm³/mol. The summed E-state index contributed by atoms with van der Waals surface area (Å²) in [5.41, 5.74) is 4.65. The first-order valence-corrected chi connectivity index (χ1v) is 11.5. The van der Waals surface area contributed by atoms with Crippen LogP contribution in [0.4, 0.5) is 10.6 Å². The summed E-state index contributed by atoms with van der Waals surface area (Å²) in [6.45, 7) is 2.54. The molecule has 2 aromatic heterocycles. The van der Waals surface area contributed by atoms with Gasteiger partial charge in [-0.25, -0.2) is 14.8 Å². The van der Waals surface area contributed by atoms with Gasteiger partial charge >= 0.3 is 6.03 Å². The number of anilines is 1. The Morgan fingerprint density at radius 3 is 2.49 bits per heavy atom. The molecule has 4 aromatic rings. The molecule has 8 nitrogen and oxygen atoms in total. The van der Waals surface area contributed by atoms with Crippen molar-refractivity contribution in [3.63, 3.8) is 0 Å². The molecule has 2 aromatic carbocycles. The lowest BCUT2D eigenvalue weighted by molar-refractivity contribution is 0.252. The number of nitrogens with one attached hydrogen (secondary N) is 2. The molecule has 0 saturated heterocycles. The van der Waals surface area contributed by atoms with Crippen LogP contribution in [0.15, 0.2) is 60.8 Å². The highest BCUT2D eigenvalue weighted by molar-refractivity contribution is 5.89. The molecule has 0 aliphatic carbocycles. The number of carbonyl (C=O) groups excluding carboxylic acids is 1. The topological polar surface area (TPSA) is 98.3 Å². The summed E-state index contributed by atoms with van der Waals surface area (Å²) in [6, 6.07) is 17.4. The monoisotopic (exact) mass is 471 g/mol. The number of hydrogen-bond donors (Lipinski definition) is 2. The van der Waals surface area contributed by atoms with Crippen LogP contribution in [0.5, 0.6) is 11.5 Å². The molecule has 0 atom stereocenters. The first-order chi connectivity index (χ1) is 17.1. The van der Waals surface area contributed by atoms with Crippen LogP contribution in [0.1, 0.15) is 24.0 Å². The Kier molecular flexibility index (Phi) is 7.72. The van der Waals surface area contributed by atoms with E-state index in [1.54, 1.807) is 32.5 Å². The van der Waals surface area contributed by atoms with Gasteiger partial charge in [0.2, 0.25) is 0 Å². The minimum absolute atomic E-state index is 0.300. The highest BCUT2D eigenvalue weighted by Crippen LogP contribution is 2.39. The molecule has 35 heavy (non-hydrogen) atoms. The quantitative estimate of drug-likeness (QED) is 0.327. The van der Waals surface area contributed by atoms with Crippen molar-refractivity contribution in [3.8, 4) is 22.8 Å². The summed E-state index contributed by atoms with van der Waals surface area (Å²) in [5, 5.41) is 5.66. The van der Waals surface area contributed by atoms with Crippen LogP contribution in [0.2, 0.25) is 0 Å². The number of amides is 2. The van der Waals surface area contributed by atoms with Crippen LogP contribution >= 0.6 is 0 Å². The zero-order valence-corrected chi connectivity index (χ0v) is 20.2. The molecule has 0 fully saturated rings. The van der Waals surface area contributed by atoms with Crippen molar-refractivity contribution in [2.45, 2.75) is 26.2 Å². The fourth-order valence-corrected chi connectivity index (χ4v) is 3.88. The lowest BCUT2D eigenvalue weighted by Crippen LogP contribution is -2.29. The van der Waals surface area contributed by atoms with E-state index in [2.05, 4.69) is 37.7 Å². The van der Waals surface area contributed by atoms with Gasteiger partial charge in [-0.2, -0.15) is 0 Å². The number of ether oxygens (including phenoxy) is 2. The van der Waals surface area contributed by atoms with Gasteiger partial charge in [-0.1, -0.05) is 36.4 Å². The summed E-state index contributed by atoms with van der Waals surface area (Å²) < 4.78 is 11.1. The summed E-state index contributed by atoms with van der Waals surface area (Å²) in [4.78, 5) is 25.9. The van der Waals surface area contributed by atoms with Crippen LogP contribution in [0.3, 0.4) is 0 Å². The van der Waals surface area contributed by atoms with E-state index in [0.29, 0.717) is 40.7 Å². The molecule has 0 aliphatic heterocycles. The maximum atomic E-state index is 12.3. The highest BCUT2D eigenvalue weighted by Gasteiger charge is 2.16. The number of carbonyl (C=O) groups is 1. The second-order valence-electron chi connectivity index (χ2n) is 8.11. The number of urea groups is 1. The van der Waals surface area contributed by atoms with Gasteiger partial charge in [0.1, 0.15) is 11.3 Å². The number of unbranched alkanes of at least 4 members (excludes halogenated alkanes) is 1. The number of methoxy groups -OCH3 is 2. The molecule has 0 spiro atoms. The average molecular weight is 472 g/mol. The molecule has 2 amide bonds. The number of fused-ring (bicyclic) bond motifs is 1. The molecular weight excluding hydrogens is 442 g/mol. The van der Waals surface area contributed by atoms with E-state index in [1.807, 2.05) is 37.3 Å². The number of aryl methyl sites for hydroxylation is 2. The third-order valence-corrected chi connectivity index (χ3v) is 5.66. The SMILES string of the molecule is COc1c(C)ccc(-c2cnc3ccc(NC(=O)NCCCCc4ccccc4)nc3n2)c1OC. The second kappa shape index (κ2) is 11.3. The zero-order valence-electron chi connectivity index (χ0n) is 20.2. The summed E-state index contributed by atoms with van der Waals surface area (Å²) in [7, 11) is 3.20. The number of pyridine rings is 1. The molecular formula is C27H29N5O3. The van der Waals surface area contributed by atoms with Crippen molar-refractivity contribution in [2.24, 2.45) is 0 Å². The number of nitrogens with zero attached hydrogens (tertiary/aromatic N) is 3. The fraction of sp³-hybridized carbons (Fsp3) is 0.259. The first-order valence-electron chi connectivity index (χ1n) is 11.5. The van der Waals surface area contributed by atoms with Gasteiger partial charge in [-0.15, -0.1) is 0 Å². The van der Waals surface area contributed by atoms with E-state index in [-0.39, 0.29) is 6.03 Å². The standard InChI is InChI=1S/C27H29N5O3/c1-18-12-13-20(25(35-3)24(18)34-2)22-17-29-21-14-15-23(31-26(21)30-22)32-27(33)28-16-8-7-11-19-9-5-4-6-10-19/h4-6,9-10,12-15,17H,7-8,11,16H2,1-3H3,(H2,28,30,31,32,33). The average Bonchev–Trinajstić information content (AvgIpc) is 2.88. The van der Waals surface area contributed by atoms with Crippen LogP contribution in [0.25, 0.3) is 22.4 Å². The minimum Gasteiger partial charge on any atom is -0.493 e. The van der Waals surface area contributed by atoms with Gasteiger partial charge in [0, 0.05) is 12.1 Å². The molecule has 0 aliphatic rings. The van der Waals surface area contributed by atoms with Crippen LogP contribution in [-0.2, 0) is 6.42 Å². The van der Waals surface area contributed by atoms with Crippen molar-refractivity contribution in [2.75, 3.05) is 26.1 Å². The van der Waals surface area contributed by atoms with Crippen molar-refractivity contribution >= 4 is 23.0 Å². The number of hydrogen-bond acceptors (Lipinski definition) is 6. The minimum atomic E-state index is -0.300. The normalized spacial score (nSPS) is 10.7. The van der Waals surface area contributed by atoms with Gasteiger partial charge in [0.15, 0.2) is 17.1 Å². The fourth-order valence-electron chi connectivity index (χ4n) is 3.88. The Labute approximate surface area is 204 Å². The van der Waals surface area contributed by atoms with Crippen molar-refractivity contribution < 1.29 is 14.3 Å². The Bertz CT molecular complexity index is 1310. The van der Waals surface area contributed by atoms with Gasteiger partial charge in [0.25, 0.3) is 0 Å². The lowest BCUT2D eigenvalue weighted by Gasteiger charge is -2.14. The maximum Gasteiger partial charge on any atom is 0.320 e. The maximum absolute atomic E-state index is 12.3. The molecule has 4 rings (SSSR count). The summed E-state index contributed by atoms with van der Waals surface area (Å²) in [6.07, 6.45) is 4.56. The third-order valence-electron chi connectivity index (χ3n) is 5.66. The molecule has 2 N–H and O–H groups in total. The van der Waals surface area contributed by atoms with Crippen LogP contribution < -0.4 is 20.1 Å². The summed E-state index contributed by atoms with van der Waals surface area (Å²) in [5.74, 6) is 1.64. The Morgan fingerprint density at radius 1 is 0.914 bits per heavy atom. The van der Waals surface area contributed by atoms with Gasteiger partial charge in [0.05, 0.1) is 26.1 Å². The van der Waals surface area contributed by atoms with Crippen LogP contribution in [-0.4, -0.2) is 41.7 Å². The Balaban J connectivity index is 1.41. The van der Waals surface area contributed by atoms with Crippen molar-refractivity contribution in [1.82, 2.24) is 20.3 Å². The van der Waals surface area contributed by atoms with E-state index in [1.165, 1.54) is 5.56 Å². The smallest absolute Gasteiger partial charge is 0.320 e. The van der Waals surface area contributed by atoms with E-state index in [9.17, 15) is 4.79 Å². The molecule has 2 heterocycles. The van der Waals surface area contributed by atoms with Crippen molar-refractivity contribution in [3.05, 3.63) is 71.9 Å². The first kappa shape index (κ1) is 23.9. The molecule has 0 unspecified atom stereocenters. The summed E-state index contributed by atoms with van der Waals surface area (Å²) >= 11 is 0.